The van der Waals surface area contributed by atoms with Crippen LogP contribution in [0.25, 0.3) is 0 Å². The zero-order valence-electron chi connectivity index (χ0n) is 32.4. The predicted molar refractivity (Wildman–Crippen MR) is 197 cm³/mol. The molecule has 1 aliphatic heterocycles. The van der Waals surface area contributed by atoms with Gasteiger partial charge in [0.2, 0.25) is 29.4 Å². The number of alkyl carbamates (subject to hydrolysis) is 1. The second kappa shape index (κ2) is 17.6. The number of benzene rings is 1. The van der Waals surface area contributed by atoms with Crippen LogP contribution < -0.4 is 21.3 Å². The van der Waals surface area contributed by atoms with E-state index in [9.17, 15) is 33.6 Å². The van der Waals surface area contributed by atoms with E-state index in [2.05, 4.69) is 21.3 Å². The smallest absolute Gasteiger partial charge is 0.407 e. The van der Waals surface area contributed by atoms with Gasteiger partial charge in [0.1, 0.15) is 18.1 Å². The molecule has 1 aromatic rings. The quantitative estimate of drug-likeness (QED) is 0.198. The third-order valence-electron chi connectivity index (χ3n) is 10.7. The number of rotatable bonds is 15. The summed E-state index contributed by atoms with van der Waals surface area (Å²) in [6, 6.07) is 4.61. The third kappa shape index (κ3) is 9.94. The molecule has 2 bridgehead atoms. The van der Waals surface area contributed by atoms with Gasteiger partial charge in [-0.2, -0.15) is 0 Å². The first-order valence-corrected chi connectivity index (χ1v) is 18.9. The molecule has 0 radical (unpaired) electrons. The maximum atomic E-state index is 14.4. The topological polar surface area (TPSA) is 183 Å². The number of ketones is 1. The second-order valence-electron chi connectivity index (χ2n) is 16.5. The van der Waals surface area contributed by atoms with Crippen molar-refractivity contribution in [1.82, 2.24) is 31.1 Å². The van der Waals surface area contributed by atoms with Crippen LogP contribution in [0.15, 0.2) is 30.3 Å². The number of nitrogens with one attached hydrogen (secondary N) is 4. The number of hydrogen-bond acceptors (Lipinski definition) is 8. The zero-order chi connectivity index (χ0) is 39.2. The van der Waals surface area contributed by atoms with E-state index in [1.165, 1.54) is 4.90 Å². The molecule has 1 aromatic carbocycles. The molecule has 1 heterocycles. The van der Waals surface area contributed by atoms with Crippen LogP contribution >= 0.6 is 0 Å². The molecule has 4 rings (SSSR count). The molecule has 6 amide bonds. The Bertz CT molecular complexity index is 1530. The van der Waals surface area contributed by atoms with Gasteiger partial charge in [-0.25, -0.2) is 4.79 Å². The van der Waals surface area contributed by atoms with Gasteiger partial charge in [0.25, 0.3) is 5.91 Å². The molecule has 14 nitrogen and oxygen atoms in total. The van der Waals surface area contributed by atoms with Crippen LogP contribution in [0.2, 0.25) is 0 Å². The summed E-state index contributed by atoms with van der Waals surface area (Å²) in [5, 5.41) is 10.5. The molecule has 2 saturated carbocycles. The molecular formula is C39H58N6O8. The van der Waals surface area contributed by atoms with Crippen LogP contribution in [-0.4, -0.2) is 103 Å². The maximum Gasteiger partial charge on any atom is 0.407 e. The number of Topliss-reactive ketones (excluding diaryl/α,β-unsaturated/α-hetero) is 1. The van der Waals surface area contributed by atoms with E-state index in [4.69, 9.17) is 4.74 Å². The number of nitrogens with zero attached hydrogens (tertiary/aromatic N) is 2. The molecule has 53 heavy (non-hydrogen) atoms. The van der Waals surface area contributed by atoms with Crippen molar-refractivity contribution in [2.75, 3.05) is 33.8 Å². The van der Waals surface area contributed by atoms with E-state index in [0.717, 1.165) is 19.3 Å². The largest absolute Gasteiger partial charge is 0.449 e. The van der Waals surface area contributed by atoms with Gasteiger partial charge in [-0.15, -0.1) is 0 Å². The van der Waals surface area contributed by atoms with Crippen molar-refractivity contribution in [3.05, 3.63) is 35.9 Å². The van der Waals surface area contributed by atoms with Crippen LogP contribution in [0, 0.1) is 35.0 Å². The molecule has 292 valence electrons. The summed E-state index contributed by atoms with van der Waals surface area (Å²) in [4.78, 5) is 96.8. The summed E-state index contributed by atoms with van der Waals surface area (Å²) < 4.78 is 5.34. The van der Waals surface area contributed by atoms with Gasteiger partial charge >= 0.3 is 6.09 Å². The number of carbonyl (C=O) groups excluding carboxylic acids is 7. The lowest BCUT2D eigenvalue weighted by molar-refractivity contribution is -0.145. The summed E-state index contributed by atoms with van der Waals surface area (Å²) in [5.41, 5.74) is -0.155. The van der Waals surface area contributed by atoms with Gasteiger partial charge in [0.15, 0.2) is 0 Å². The van der Waals surface area contributed by atoms with Gasteiger partial charge < -0.3 is 35.8 Å². The van der Waals surface area contributed by atoms with E-state index in [-0.39, 0.29) is 42.6 Å². The number of likely N-dealkylation sites (tertiary alicyclic amines) is 1. The molecule has 3 fully saturated rings. The highest BCUT2D eigenvalue weighted by Crippen LogP contribution is 2.57. The van der Waals surface area contributed by atoms with Crippen molar-refractivity contribution < 1.29 is 38.3 Å². The van der Waals surface area contributed by atoms with E-state index >= 15 is 0 Å². The Kier molecular flexibility index (Phi) is 13.7. The maximum absolute atomic E-state index is 14.4. The minimum absolute atomic E-state index is 0.106. The van der Waals surface area contributed by atoms with Crippen LogP contribution in [0.5, 0.6) is 0 Å². The van der Waals surface area contributed by atoms with Gasteiger partial charge in [-0.3, -0.25) is 28.8 Å². The lowest BCUT2D eigenvalue weighted by Crippen LogP contribution is -2.60. The fraction of sp³-hybridized carbons (Fsp3) is 0.667. The lowest BCUT2D eigenvalue weighted by Gasteiger charge is -2.37. The predicted octanol–water partition coefficient (Wildman–Crippen LogP) is 2.57. The Morgan fingerprint density at radius 1 is 0.943 bits per heavy atom. The first-order chi connectivity index (χ1) is 24.9. The number of amides is 6. The van der Waals surface area contributed by atoms with E-state index in [1.54, 1.807) is 49.3 Å². The fourth-order valence-corrected chi connectivity index (χ4v) is 8.15. The molecule has 8 atom stereocenters. The molecule has 2 aliphatic carbocycles. The second-order valence-corrected chi connectivity index (χ2v) is 16.5. The van der Waals surface area contributed by atoms with Gasteiger partial charge in [-0.05, 0) is 66.3 Å². The van der Waals surface area contributed by atoms with Gasteiger partial charge in [0.05, 0.1) is 19.2 Å². The lowest BCUT2D eigenvalue weighted by atomic mass is 9.78. The standard InChI is InChI=1S/C39H58N6O8/c1-9-13-27(32(47)35(49)40-19-28(46)42-30(36(50)44(7)8)23-14-11-10-12-15-23)41-34(48)31-29-25-17-16-24(18-25)26(29)20-45(31)37(51)33(39(4,5)6)43-38(52)53-21-22(2)3/h10-12,14-15,22,24-27,29-31,33H,9,13,16-21H2,1-8H3,(H,40,49)(H,41,48)(H,42,46)(H,43,52)/t24-,25-,26?,27-,29+,30?,31+,33-/m1/s1. The van der Waals surface area contributed by atoms with Crippen LogP contribution in [0.1, 0.15) is 85.3 Å². The summed E-state index contributed by atoms with van der Waals surface area (Å²) in [7, 11) is 3.13. The van der Waals surface area contributed by atoms with Crippen molar-refractivity contribution in [2.45, 2.75) is 97.8 Å². The Labute approximate surface area is 312 Å². The average Bonchev–Trinajstić information content (AvgIpc) is 3.83. The van der Waals surface area contributed by atoms with Crippen molar-refractivity contribution >= 4 is 41.4 Å². The molecule has 3 aliphatic rings. The normalized spacial score (nSPS) is 23.3. The summed E-state index contributed by atoms with van der Waals surface area (Å²) in [6.07, 6.45) is 2.88. The molecule has 0 aromatic heterocycles. The highest BCUT2D eigenvalue weighted by atomic mass is 16.5. The Morgan fingerprint density at radius 2 is 1.60 bits per heavy atom. The number of likely N-dealkylation sites (N-methyl/N-ethyl adjacent to an activating group) is 1. The van der Waals surface area contributed by atoms with E-state index in [1.807, 2.05) is 41.5 Å². The van der Waals surface area contributed by atoms with E-state index < -0.39 is 71.6 Å². The molecule has 4 N–H and O–H groups in total. The van der Waals surface area contributed by atoms with Crippen LogP contribution in [-0.2, 0) is 33.5 Å². The monoisotopic (exact) mass is 738 g/mol. The van der Waals surface area contributed by atoms with Crippen molar-refractivity contribution in [3.8, 4) is 0 Å². The molecule has 0 spiro atoms. The first kappa shape index (κ1) is 41.3. The van der Waals surface area contributed by atoms with Crippen LogP contribution in [0.3, 0.4) is 0 Å². The SMILES string of the molecule is CCC[C@@H](NC(=O)[C@@H]1[C@@H]2C(CN1C(=O)[C@@H](NC(=O)OCC(C)C)C(C)(C)C)[C@@H]1CC[C@@H]2C1)C(=O)C(=O)NCC(=O)NC(C(=O)N(C)C)c1ccccc1. The highest BCUT2D eigenvalue weighted by molar-refractivity contribution is 6.38. The molecule has 1 saturated heterocycles. The Hall–Kier alpha value is -4.49. The van der Waals surface area contributed by atoms with Gasteiger partial charge in [0, 0.05) is 20.6 Å². The Balaban J connectivity index is 1.47. The molecular weight excluding hydrogens is 680 g/mol. The number of hydrogen-bond donors (Lipinski definition) is 4. The number of ether oxygens (including phenoxy) is 1. The zero-order valence-corrected chi connectivity index (χ0v) is 32.4. The van der Waals surface area contributed by atoms with Crippen LogP contribution in [0.4, 0.5) is 4.79 Å². The first-order valence-electron chi connectivity index (χ1n) is 18.9. The Morgan fingerprint density at radius 3 is 2.21 bits per heavy atom. The number of fused-ring (bicyclic) bond motifs is 5. The summed E-state index contributed by atoms with van der Waals surface area (Å²) in [5.74, 6) is -3.18. The van der Waals surface area contributed by atoms with E-state index in [0.29, 0.717) is 24.4 Å². The van der Waals surface area contributed by atoms with Gasteiger partial charge in [-0.1, -0.05) is 78.3 Å². The summed E-state index contributed by atoms with van der Waals surface area (Å²) in [6.45, 7) is 11.1. The highest BCUT2D eigenvalue weighted by Gasteiger charge is 2.60. The minimum atomic E-state index is -1.19. The number of carbonyl (C=O) groups is 7. The fourth-order valence-electron chi connectivity index (χ4n) is 8.15. The van der Waals surface area contributed by atoms with Crippen molar-refractivity contribution in [3.63, 3.8) is 0 Å². The average molecular weight is 739 g/mol. The summed E-state index contributed by atoms with van der Waals surface area (Å²) >= 11 is 0. The minimum Gasteiger partial charge on any atom is -0.449 e. The van der Waals surface area contributed by atoms with Crippen molar-refractivity contribution in [1.29, 1.82) is 0 Å². The molecule has 2 unspecified atom stereocenters. The third-order valence-corrected chi connectivity index (χ3v) is 10.7. The van der Waals surface area contributed by atoms with Crippen molar-refractivity contribution in [2.24, 2.45) is 35.0 Å². The molecule has 14 heteroatoms.